The molecule has 0 fully saturated rings. The molecule has 3 amide bonds. The highest BCUT2D eigenvalue weighted by Gasteiger charge is 2.32. The highest BCUT2D eigenvalue weighted by molar-refractivity contribution is 7.19. The van der Waals surface area contributed by atoms with E-state index in [2.05, 4.69) is 36.1 Å². The molecule has 4 aromatic rings. The second-order valence-electron chi connectivity index (χ2n) is 15.4. The molecule has 0 aliphatic carbocycles. The predicted molar refractivity (Wildman–Crippen MR) is 250 cm³/mol. The molecule has 2 aliphatic rings. The highest BCUT2D eigenvalue weighted by atomic mass is 35.5. The second kappa shape index (κ2) is 26.2. The van der Waals surface area contributed by atoms with Gasteiger partial charge >= 0.3 is 24.5 Å². The summed E-state index contributed by atoms with van der Waals surface area (Å²) in [7, 11) is 0. The second-order valence-corrected chi connectivity index (χ2v) is 20.2. The number of aromatic nitrogens is 2. The molecule has 0 atom stereocenters. The Labute approximate surface area is 398 Å². The van der Waals surface area contributed by atoms with Gasteiger partial charge in [-0.15, -0.1) is 56.9 Å². The van der Waals surface area contributed by atoms with Gasteiger partial charge in [0.15, 0.2) is 0 Å². The number of nitrogens with zero attached hydrogens (tertiary/aromatic N) is 4. The smallest absolute Gasteiger partial charge is 0.410 e. The van der Waals surface area contributed by atoms with Crippen molar-refractivity contribution in [1.29, 1.82) is 0 Å². The number of carbonyl (C=O) groups is 4. The lowest BCUT2D eigenvalue weighted by Gasteiger charge is -2.30. The Morgan fingerprint density at radius 2 is 1.23 bits per heavy atom. The minimum absolute atomic E-state index is 0.250. The lowest BCUT2D eigenvalue weighted by Crippen LogP contribution is -2.39. The summed E-state index contributed by atoms with van der Waals surface area (Å²) < 4.78 is 11.0. The van der Waals surface area contributed by atoms with Gasteiger partial charge in [-0.3, -0.25) is 9.59 Å². The summed E-state index contributed by atoms with van der Waals surface area (Å²) in [5.41, 5.74) is 11.8. The largest absolute Gasteiger partial charge is 0.444 e. The van der Waals surface area contributed by atoms with E-state index in [0.717, 1.165) is 77.1 Å². The number of nitrogens with two attached hydrogens (primary N) is 1. The molecule has 0 radical (unpaired) electrons. The van der Waals surface area contributed by atoms with Crippen LogP contribution in [-0.2, 0) is 77.0 Å². The van der Waals surface area contributed by atoms with Gasteiger partial charge in [0.05, 0.1) is 29.5 Å². The molecule has 0 spiro atoms. The van der Waals surface area contributed by atoms with Gasteiger partial charge in [-0.1, -0.05) is 20.4 Å². The maximum atomic E-state index is 12.5. The van der Waals surface area contributed by atoms with E-state index in [4.69, 9.17) is 62.6 Å². The lowest BCUT2D eigenvalue weighted by atomic mass is 10.0. The number of rotatable bonds is 8. The zero-order valence-corrected chi connectivity index (χ0v) is 41.6. The first-order valence-electron chi connectivity index (χ1n) is 19.7. The molecule has 64 heavy (non-hydrogen) atoms. The van der Waals surface area contributed by atoms with Crippen LogP contribution in [0.25, 0.3) is 21.1 Å². The number of alkyl halides is 1. The van der Waals surface area contributed by atoms with Crippen LogP contribution < -0.4 is 11.1 Å². The van der Waals surface area contributed by atoms with Crippen LogP contribution in [0, 0.1) is 0 Å². The van der Waals surface area contributed by atoms with Gasteiger partial charge in [-0.05, 0) is 96.0 Å². The number of nitrogens with one attached hydrogen (secondary N) is 1. The number of hydrogen-bond donors (Lipinski definition) is 2. The summed E-state index contributed by atoms with van der Waals surface area (Å²) in [6.45, 7) is 21.2. The zero-order chi connectivity index (χ0) is 48.4. The van der Waals surface area contributed by atoms with Crippen molar-refractivity contribution in [1.82, 2.24) is 19.8 Å². The molecule has 0 saturated heterocycles. The van der Waals surface area contributed by atoms with Crippen molar-refractivity contribution >= 4 is 114 Å². The van der Waals surface area contributed by atoms with Crippen molar-refractivity contribution in [3.8, 4) is 21.1 Å². The minimum Gasteiger partial charge on any atom is -0.444 e. The van der Waals surface area contributed by atoms with Crippen molar-refractivity contribution in [2.45, 2.75) is 112 Å². The van der Waals surface area contributed by atoms with Crippen molar-refractivity contribution < 1.29 is 47.8 Å². The molecule has 22 heteroatoms. The van der Waals surface area contributed by atoms with Crippen LogP contribution in [-0.4, -0.2) is 85.6 Å². The van der Waals surface area contributed by atoms with Gasteiger partial charge in [0.1, 0.15) is 26.2 Å². The summed E-state index contributed by atoms with van der Waals surface area (Å²) in [6, 6.07) is 0. The third-order valence-corrected chi connectivity index (χ3v) is 12.8. The third kappa shape index (κ3) is 17.3. The zero-order valence-electron chi connectivity index (χ0n) is 36.8. The Bertz CT molecular complexity index is 2280. The van der Waals surface area contributed by atoms with Gasteiger partial charge in [-0.25, -0.2) is 19.6 Å². The highest BCUT2D eigenvalue weighted by Crippen LogP contribution is 2.45. The number of hydrogen-bond acceptors (Lipinski definition) is 17. The number of nitrogen functional groups attached to an aromatic ring is 1. The van der Waals surface area contributed by atoms with Crippen molar-refractivity contribution in [2.24, 2.45) is 0 Å². The van der Waals surface area contributed by atoms with Gasteiger partial charge in [0.2, 0.25) is 11.1 Å². The lowest BCUT2D eigenvalue weighted by molar-refractivity contribution is -0.193. The predicted octanol–water partition coefficient (Wildman–Crippen LogP) is 9.37. The van der Waals surface area contributed by atoms with Crippen LogP contribution in [0.4, 0.5) is 19.6 Å². The molecule has 2 aliphatic heterocycles. The molecule has 348 valence electrons. The van der Waals surface area contributed by atoms with Gasteiger partial charge in [0, 0.05) is 57.0 Å². The normalized spacial score (nSPS) is 12.5. The van der Waals surface area contributed by atoms with Gasteiger partial charge < -0.3 is 30.3 Å². The van der Waals surface area contributed by atoms with Crippen molar-refractivity contribution in [2.75, 3.05) is 30.0 Å². The average Bonchev–Trinajstić information content (AvgIpc) is 4.01. The molecular formula is C42H52Cl2N6O10S4. The van der Waals surface area contributed by atoms with Crippen LogP contribution in [0.5, 0.6) is 0 Å². The molecule has 16 nitrogen and oxygen atoms in total. The standard InChI is InChI=1S/C20H25N3O3S2.C17H23N3O2S2.C3H4Cl2O.2CO2/c1-6-12-11-27-17(21-12)16-13-8-9-23(19(25)26-20(3,4)5)10-14(13)28-18(16)22-15(24)7-2;1-5-10-9-23-15(19-10)13-11-6-7-20(8-12(11)24-14(13)18)16(21)22-17(2,3)4;4-2-1-3(5)6;2*2-1-3/h7,11H,2,6,8-10H2,1,3-5H3,(H,22,24);9H,5-8,18H2,1-4H3;1-2H2;;. The fourth-order valence-electron chi connectivity index (χ4n) is 5.75. The van der Waals surface area contributed by atoms with E-state index in [9.17, 15) is 19.2 Å². The molecule has 0 saturated carbocycles. The maximum Gasteiger partial charge on any atom is 0.410 e. The first-order valence-corrected chi connectivity index (χ1v) is 24.0. The van der Waals surface area contributed by atoms with E-state index in [0.29, 0.717) is 38.5 Å². The Morgan fingerprint density at radius 1 is 0.812 bits per heavy atom. The number of thiazole rings is 2. The van der Waals surface area contributed by atoms with E-state index in [1.807, 2.05) is 46.9 Å². The first-order chi connectivity index (χ1) is 30.1. The number of thiophene rings is 2. The SMILES string of the molecule is C=CC(=O)Nc1sc2c(c1-c1nc(CC)cs1)CCN(C(=O)OC(C)(C)C)C2.CCc1csc(-c2c(N)sc3c2CCN(C(=O)OC(C)(C)C)C3)n1.O=C(Cl)CCCl.O=C=O.O=C=O. The molecule has 0 unspecified atom stereocenters. The Morgan fingerprint density at radius 3 is 1.59 bits per heavy atom. The van der Waals surface area contributed by atoms with E-state index in [1.165, 1.54) is 23.0 Å². The number of carbonyl (C=O) groups excluding carboxylic acids is 8. The van der Waals surface area contributed by atoms with Crippen molar-refractivity contribution in [3.05, 3.63) is 55.7 Å². The third-order valence-electron chi connectivity index (χ3n) is 8.41. The topological polar surface area (TPSA) is 225 Å². The monoisotopic (exact) mass is 998 g/mol. The molecule has 0 bridgehead atoms. The number of fused-ring (bicyclic) bond motifs is 2. The molecule has 4 aromatic heterocycles. The van der Waals surface area contributed by atoms with E-state index in [-0.39, 0.29) is 42.1 Å². The molecule has 6 heterocycles. The number of anilines is 2. The van der Waals surface area contributed by atoms with Crippen LogP contribution >= 0.6 is 68.5 Å². The Balaban J connectivity index is 0.000000354. The quantitative estimate of drug-likeness (QED) is 0.0954. The molecular weight excluding hydrogens is 948 g/mol. The summed E-state index contributed by atoms with van der Waals surface area (Å²) in [6.07, 6.45) is 4.73. The Hall–Kier alpha value is -4.78. The first kappa shape index (κ1) is 55.4. The molecule has 6 rings (SSSR count). The van der Waals surface area contributed by atoms with E-state index in [1.54, 1.807) is 43.8 Å². The van der Waals surface area contributed by atoms with E-state index >= 15 is 0 Å². The van der Waals surface area contributed by atoms with Crippen LogP contribution in [0.3, 0.4) is 0 Å². The molecule has 0 aromatic carbocycles. The maximum absolute atomic E-state index is 12.5. The number of amides is 3. The van der Waals surface area contributed by atoms with E-state index < -0.39 is 11.2 Å². The fourth-order valence-corrected chi connectivity index (χ4v) is 10.6. The number of ether oxygens (including phenoxy) is 2. The number of halogens is 2. The fraction of sp³-hybridized carbons (Fsp3) is 0.476. The number of aryl methyl sites for hydroxylation is 2. The summed E-state index contributed by atoms with van der Waals surface area (Å²) in [5.74, 6) is 0.0682. The van der Waals surface area contributed by atoms with Crippen LogP contribution in [0.2, 0.25) is 0 Å². The van der Waals surface area contributed by atoms with Crippen molar-refractivity contribution in [3.63, 3.8) is 0 Å². The summed E-state index contributed by atoms with van der Waals surface area (Å²) in [5, 5.41) is 10.1. The minimum atomic E-state index is -0.529. The van der Waals surface area contributed by atoms with Crippen LogP contribution in [0.1, 0.15) is 94.1 Å². The van der Waals surface area contributed by atoms with Crippen LogP contribution in [0.15, 0.2) is 23.4 Å². The summed E-state index contributed by atoms with van der Waals surface area (Å²) >= 11 is 16.2. The summed E-state index contributed by atoms with van der Waals surface area (Å²) in [4.78, 5) is 94.0. The van der Waals surface area contributed by atoms with Gasteiger partial charge in [-0.2, -0.15) is 19.2 Å². The Kier molecular flexibility index (Phi) is 22.7. The average molecular weight is 1000 g/mol. The van der Waals surface area contributed by atoms with Gasteiger partial charge in [0.25, 0.3) is 0 Å². The molecule has 3 N–H and O–H groups in total.